The smallest absolute Gasteiger partial charge is 0.234 e. The van der Waals surface area contributed by atoms with E-state index in [2.05, 4.69) is 63.6 Å². The summed E-state index contributed by atoms with van der Waals surface area (Å²) in [5.41, 5.74) is 2.41. The van der Waals surface area contributed by atoms with Crippen molar-refractivity contribution in [1.29, 1.82) is 0 Å². The molecule has 1 saturated heterocycles. The molecule has 0 saturated carbocycles. The number of hydrogen-bond donors (Lipinski definition) is 2. The molecular formula is C20H27N5OS. The van der Waals surface area contributed by atoms with Crippen LogP contribution in [0.1, 0.15) is 30.9 Å². The molecule has 144 valence electrons. The fraction of sp³-hybridized carbons (Fsp3) is 0.450. The monoisotopic (exact) mass is 385 g/mol. The molecule has 0 aliphatic carbocycles. The number of piperidine rings is 1. The zero-order valence-corrected chi connectivity index (χ0v) is 17.0. The SMILES string of the molecule is COc1cc(N2CCC(C)CC2)nc(NC(=S)NCc2ccc(C)cc2)n1. The average molecular weight is 386 g/mol. The average Bonchev–Trinajstić information content (AvgIpc) is 2.68. The maximum atomic E-state index is 5.40. The van der Waals surface area contributed by atoms with Gasteiger partial charge in [0, 0.05) is 25.7 Å². The van der Waals surface area contributed by atoms with E-state index in [9.17, 15) is 0 Å². The molecule has 1 fully saturated rings. The Hall–Kier alpha value is -2.41. The van der Waals surface area contributed by atoms with Gasteiger partial charge in [0.15, 0.2) is 5.11 Å². The fourth-order valence-electron chi connectivity index (χ4n) is 3.01. The van der Waals surface area contributed by atoms with Crippen molar-refractivity contribution in [2.75, 3.05) is 30.4 Å². The predicted octanol–water partition coefficient (Wildman–Crippen LogP) is 3.52. The zero-order chi connectivity index (χ0) is 19.2. The molecule has 3 rings (SSSR count). The molecule has 0 radical (unpaired) electrons. The molecule has 0 bridgehead atoms. The number of methoxy groups -OCH3 is 1. The molecule has 0 spiro atoms. The van der Waals surface area contributed by atoms with E-state index in [-0.39, 0.29) is 0 Å². The van der Waals surface area contributed by atoms with Crippen LogP contribution in [0.15, 0.2) is 30.3 Å². The molecule has 1 aliphatic heterocycles. The molecule has 2 N–H and O–H groups in total. The van der Waals surface area contributed by atoms with Gasteiger partial charge in [0.05, 0.1) is 7.11 Å². The van der Waals surface area contributed by atoms with Crippen LogP contribution in [0.4, 0.5) is 11.8 Å². The third kappa shape index (κ3) is 5.53. The van der Waals surface area contributed by atoms with Gasteiger partial charge in [-0.1, -0.05) is 36.8 Å². The molecule has 1 aromatic heterocycles. The molecule has 7 heteroatoms. The summed E-state index contributed by atoms with van der Waals surface area (Å²) in [4.78, 5) is 11.3. The summed E-state index contributed by atoms with van der Waals surface area (Å²) in [5.74, 6) is 2.62. The van der Waals surface area contributed by atoms with Crippen molar-refractivity contribution in [2.24, 2.45) is 5.92 Å². The van der Waals surface area contributed by atoms with Gasteiger partial charge in [0.25, 0.3) is 0 Å². The molecule has 2 heterocycles. The Kier molecular flexibility index (Phi) is 6.45. The largest absolute Gasteiger partial charge is 0.481 e. The minimum Gasteiger partial charge on any atom is -0.481 e. The summed E-state index contributed by atoms with van der Waals surface area (Å²) in [6.07, 6.45) is 2.34. The number of benzene rings is 1. The molecule has 0 atom stereocenters. The number of rotatable bonds is 5. The number of nitrogens with zero attached hydrogens (tertiary/aromatic N) is 3. The van der Waals surface area contributed by atoms with Gasteiger partial charge >= 0.3 is 0 Å². The van der Waals surface area contributed by atoms with Crippen molar-refractivity contribution in [3.05, 3.63) is 41.5 Å². The molecule has 0 unspecified atom stereocenters. The predicted molar refractivity (Wildman–Crippen MR) is 113 cm³/mol. The molecular weight excluding hydrogens is 358 g/mol. The topological polar surface area (TPSA) is 62.3 Å². The van der Waals surface area contributed by atoms with E-state index in [1.165, 1.54) is 24.0 Å². The van der Waals surface area contributed by atoms with Gasteiger partial charge in [-0.2, -0.15) is 9.97 Å². The number of nitrogens with one attached hydrogen (secondary N) is 2. The quantitative estimate of drug-likeness (QED) is 0.764. The lowest BCUT2D eigenvalue weighted by Crippen LogP contribution is -2.34. The second-order valence-electron chi connectivity index (χ2n) is 7.05. The van der Waals surface area contributed by atoms with Crippen LogP contribution in [0.5, 0.6) is 5.88 Å². The van der Waals surface area contributed by atoms with E-state index in [1.54, 1.807) is 7.11 Å². The minimum atomic E-state index is 0.448. The van der Waals surface area contributed by atoms with Gasteiger partial charge in [-0.15, -0.1) is 0 Å². The fourth-order valence-corrected chi connectivity index (χ4v) is 3.17. The number of aryl methyl sites for hydroxylation is 1. The van der Waals surface area contributed by atoms with Crippen LogP contribution in [-0.2, 0) is 6.54 Å². The van der Waals surface area contributed by atoms with Crippen molar-refractivity contribution in [1.82, 2.24) is 15.3 Å². The summed E-state index contributed by atoms with van der Waals surface area (Å²) >= 11 is 5.40. The van der Waals surface area contributed by atoms with Gasteiger partial charge in [0.1, 0.15) is 5.82 Å². The molecule has 1 aromatic carbocycles. The Morgan fingerprint density at radius 3 is 2.59 bits per heavy atom. The number of hydrogen-bond acceptors (Lipinski definition) is 5. The first-order valence-electron chi connectivity index (χ1n) is 9.32. The Bertz CT molecular complexity index is 772. The summed E-state index contributed by atoms with van der Waals surface area (Å²) in [7, 11) is 1.61. The first kappa shape index (κ1) is 19.4. The van der Waals surface area contributed by atoms with Crippen molar-refractivity contribution in [2.45, 2.75) is 33.2 Å². The highest BCUT2D eigenvalue weighted by Crippen LogP contribution is 2.24. The maximum absolute atomic E-state index is 5.40. The van der Waals surface area contributed by atoms with E-state index in [4.69, 9.17) is 17.0 Å². The number of thiocarbonyl (C=S) groups is 1. The lowest BCUT2D eigenvalue weighted by Gasteiger charge is -2.31. The number of ether oxygens (including phenoxy) is 1. The maximum Gasteiger partial charge on any atom is 0.234 e. The van der Waals surface area contributed by atoms with E-state index >= 15 is 0 Å². The van der Waals surface area contributed by atoms with Gasteiger partial charge in [-0.05, 0) is 43.5 Å². The van der Waals surface area contributed by atoms with Crippen molar-refractivity contribution >= 4 is 29.1 Å². The van der Waals surface area contributed by atoms with Crippen LogP contribution in [0, 0.1) is 12.8 Å². The summed E-state index contributed by atoms with van der Waals surface area (Å²) < 4.78 is 5.35. The van der Waals surface area contributed by atoms with Crippen molar-refractivity contribution < 1.29 is 4.74 Å². The van der Waals surface area contributed by atoms with Gasteiger partial charge in [0.2, 0.25) is 11.8 Å². The van der Waals surface area contributed by atoms with Gasteiger partial charge in [-0.3, -0.25) is 0 Å². The van der Waals surface area contributed by atoms with E-state index in [0.29, 0.717) is 23.5 Å². The Labute approximate surface area is 166 Å². The molecule has 27 heavy (non-hydrogen) atoms. The highest BCUT2D eigenvalue weighted by molar-refractivity contribution is 7.80. The highest BCUT2D eigenvalue weighted by atomic mass is 32.1. The standard InChI is InChI=1S/C20H27N5OS/c1-14-4-6-16(7-5-14)13-21-20(27)24-19-22-17(12-18(23-19)26-3)25-10-8-15(2)9-11-25/h4-7,12,15H,8-11,13H2,1-3H3,(H2,21,22,23,24,27). The summed E-state index contributed by atoms with van der Waals surface area (Å²) in [5, 5.41) is 6.76. The third-order valence-electron chi connectivity index (χ3n) is 4.80. The third-order valence-corrected chi connectivity index (χ3v) is 5.05. The van der Waals surface area contributed by atoms with E-state index in [1.807, 2.05) is 6.07 Å². The first-order valence-corrected chi connectivity index (χ1v) is 9.72. The Balaban J connectivity index is 1.63. The van der Waals surface area contributed by atoms with Crippen LogP contribution >= 0.6 is 12.2 Å². The normalized spacial score (nSPS) is 14.7. The highest BCUT2D eigenvalue weighted by Gasteiger charge is 2.19. The van der Waals surface area contributed by atoms with Crippen molar-refractivity contribution in [3.63, 3.8) is 0 Å². The lowest BCUT2D eigenvalue weighted by atomic mass is 9.99. The minimum absolute atomic E-state index is 0.448. The van der Waals surface area contributed by atoms with Gasteiger partial charge in [-0.25, -0.2) is 0 Å². The van der Waals surface area contributed by atoms with E-state index < -0.39 is 0 Å². The number of anilines is 2. The molecule has 0 amide bonds. The Morgan fingerprint density at radius 1 is 1.22 bits per heavy atom. The van der Waals surface area contributed by atoms with Crippen LogP contribution in [0.3, 0.4) is 0 Å². The summed E-state index contributed by atoms with van der Waals surface area (Å²) in [6.45, 7) is 7.01. The lowest BCUT2D eigenvalue weighted by molar-refractivity contribution is 0.396. The second kappa shape index (κ2) is 8.99. The molecule has 1 aliphatic rings. The molecule has 6 nitrogen and oxygen atoms in total. The number of aromatic nitrogens is 2. The van der Waals surface area contributed by atoms with E-state index in [0.717, 1.165) is 24.8 Å². The van der Waals surface area contributed by atoms with Crippen molar-refractivity contribution in [3.8, 4) is 5.88 Å². The van der Waals surface area contributed by atoms with Crippen LogP contribution < -0.4 is 20.3 Å². The Morgan fingerprint density at radius 2 is 1.93 bits per heavy atom. The van der Waals surface area contributed by atoms with Gasteiger partial charge < -0.3 is 20.3 Å². The molecule has 2 aromatic rings. The van der Waals surface area contributed by atoms with Crippen LogP contribution in [-0.4, -0.2) is 35.3 Å². The zero-order valence-electron chi connectivity index (χ0n) is 16.2. The van der Waals surface area contributed by atoms with Crippen LogP contribution in [0.2, 0.25) is 0 Å². The second-order valence-corrected chi connectivity index (χ2v) is 7.46. The summed E-state index contributed by atoms with van der Waals surface area (Å²) in [6, 6.07) is 10.2. The first-order chi connectivity index (χ1) is 13.0. The van der Waals surface area contributed by atoms with Crippen LogP contribution in [0.25, 0.3) is 0 Å².